The molecule has 0 saturated heterocycles. The molecule has 2 aromatic carbocycles. The highest BCUT2D eigenvalue weighted by molar-refractivity contribution is 7.98. The fraction of sp³-hybridized carbons (Fsp3) is 0.211. The Hall–Kier alpha value is -2.40. The maximum Gasteiger partial charge on any atom is 0.212 e. The summed E-state index contributed by atoms with van der Waals surface area (Å²) in [6.45, 7) is 4.07. The standard InChI is InChI=1S/C19H20N4S/c1-3-16-9-11-17(12-10-16)13-20-23-15(2)21-22-19(23)24-14-18-7-5-4-6-8-18/h4-13H,3,14H2,1-2H3/b20-13-. The molecular weight excluding hydrogens is 316 g/mol. The molecule has 24 heavy (non-hydrogen) atoms. The van der Waals surface area contributed by atoms with Crippen LogP contribution in [0.1, 0.15) is 29.4 Å². The monoisotopic (exact) mass is 336 g/mol. The molecular formula is C19H20N4S. The molecule has 122 valence electrons. The second kappa shape index (κ2) is 7.93. The highest BCUT2D eigenvalue weighted by atomic mass is 32.2. The van der Waals surface area contributed by atoms with Crippen molar-refractivity contribution < 1.29 is 0 Å². The zero-order valence-corrected chi connectivity index (χ0v) is 14.7. The predicted octanol–water partition coefficient (Wildman–Crippen LogP) is 4.32. The molecule has 3 rings (SSSR count). The molecule has 0 atom stereocenters. The van der Waals surface area contributed by atoms with E-state index in [1.54, 1.807) is 16.4 Å². The van der Waals surface area contributed by atoms with Gasteiger partial charge >= 0.3 is 0 Å². The van der Waals surface area contributed by atoms with Crippen LogP contribution >= 0.6 is 11.8 Å². The molecule has 4 nitrogen and oxygen atoms in total. The normalized spacial score (nSPS) is 11.2. The Kier molecular flexibility index (Phi) is 5.43. The van der Waals surface area contributed by atoms with Gasteiger partial charge in [0.05, 0.1) is 6.21 Å². The van der Waals surface area contributed by atoms with Gasteiger partial charge in [-0.2, -0.15) is 9.78 Å². The van der Waals surface area contributed by atoms with E-state index in [0.29, 0.717) is 0 Å². The summed E-state index contributed by atoms with van der Waals surface area (Å²) in [5, 5.41) is 13.7. The molecule has 0 unspecified atom stereocenters. The van der Waals surface area contributed by atoms with E-state index in [1.165, 1.54) is 11.1 Å². The van der Waals surface area contributed by atoms with Gasteiger partial charge in [0.25, 0.3) is 0 Å². The van der Waals surface area contributed by atoms with Crippen LogP contribution in [0, 0.1) is 6.92 Å². The Labute approximate surface area is 146 Å². The van der Waals surface area contributed by atoms with Crippen LogP contribution in [0.4, 0.5) is 0 Å². The molecule has 0 aliphatic rings. The van der Waals surface area contributed by atoms with Crippen LogP contribution in [0.5, 0.6) is 0 Å². The molecule has 0 fully saturated rings. The Bertz CT molecular complexity index is 807. The van der Waals surface area contributed by atoms with Crippen molar-refractivity contribution in [2.75, 3.05) is 0 Å². The minimum Gasteiger partial charge on any atom is -0.192 e. The van der Waals surface area contributed by atoms with Crippen LogP contribution in [0.15, 0.2) is 64.9 Å². The predicted molar refractivity (Wildman–Crippen MR) is 99.6 cm³/mol. The van der Waals surface area contributed by atoms with Crippen LogP contribution in [0.3, 0.4) is 0 Å². The molecule has 0 N–H and O–H groups in total. The second-order valence-electron chi connectivity index (χ2n) is 5.46. The SMILES string of the molecule is CCc1ccc(/C=N\n2c(C)nnc2SCc2ccccc2)cc1. The summed E-state index contributed by atoms with van der Waals surface area (Å²) in [6.07, 6.45) is 2.89. The van der Waals surface area contributed by atoms with Gasteiger partial charge in [-0.3, -0.25) is 0 Å². The maximum atomic E-state index is 4.55. The van der Waals surface area contributed by atoms with E-state index >= 15 is 0 Å². The molecule has 0 spiro atoms. The number of aryl methyl sites for hydroxylation is 2. The summed E-state index contributed by atoms with van der Waals surface area (Å²) >= 11 is 1.64. The third kappa shape index (κ3) is 4.11. The molecule has 3 aromatic rings. The van der Waals surface area contributed by atoms with E-state index in [2.05, 4.69) is 58.6 Å². The summed E-state index contributed by atoms with van der Waals surface area (Å²) in [5.41, 5.74) is 3.65. The van der Waals surface area contributed by atoms with Crippen LogP contribution in [0.25, 0.3) is 0 Å². The zero-order valence-electron chi connectivity index (χ0n) is 13.9. The van der Waals surface area contributed by atoms with Crippen molar-refractivity contribution in [2.45, 2.75) is 31.2 Å². The summed E-state index contributed by atoms with van der Waals surface area (Å²) in [4.78, 5) is 0. The second-order valence-corrected chi connectivity index (χ2v) is 6.40. The Morgan fingerprint density at radius 1 is 1.00 bits per heavy atom. The summed E-state index contributed by atoms with van der Waals surface area (Å²) < 4.78 is 1.79. The van der Waals surface area contributed by atoms with Crippen LogP contribution in [-0.4, -0.2) is 21.1 Å². The largest absolute Gasteiger partial charge is 0.212 e. The van der Waals surface area contributed by atoms with Crippen LogP contribution < -0.4 is 0 Å². The van der Waals surface area contributed by atoms with Crippen LogP contribution in [-0.2, 0) is 12.2 Å². The minimum absolute atomic E-state index is 0.784. The van der Waals surface area contributed by atoms with E-state index in [1.807, 2.05) is 31.3 Å². The molecule has 0 bridgehead atoms. The number of rotatable bonds is 6. The summed E-state index contributed by atoms with van der Waals surface area (Å²) in [5.74, 6) is 1.63. The molecule has 0 aliphatic carbocycles. The Morgan fingerprint density at radius 3 is 2.46 bits per heavy atom. The van der Waals surface area contributed by atoms with Crippen molar-refractivity contribution >= 4 is 18.0 Å². The summed E-state index contributed by atoms with van der Waals surface area (Å²) in [7, 11) is 0. The highest BCUT2D eigenvalue weighted by Gasteiger charge is 2.08. The number of nitrogens with zero attached hydrogens (tertiary/aromatic N) is 4. The zero-order chi connectivity index (χ0) is 16.8. The van der Waals surface area contributed by atoms with Gasteiger partial charge in [-0.15, -0.1) is 10.2 Å². The van der Waals surface area contributed by atoms with Gasteiger partial charge < -0.3 is 0 Å². The van der Waals surface area contributed by atoms with Gasteiger partial charge in [-0.25, -0.2) is 0 Å². The number of hydrogen-bond acceptors (Lipinski definition) is 4. The number of aromatic nitrogens is 3. The molecule has 0 saturated carbocycles. The third-order valence-electron chi connectivity index (χ3n) is 3.69. The number of hydrogen-bond donors (Lipinski definition) is 0. The first kappa shape index (κ1) is 16.5. The molecule has 5 heteroatoms. The Morgan fingerprint density at radius 2 is 1.75 bits per heavy atom. The van der Waals surface area contributed by atoms with Crippen molar-refractivity contribution in [1.82, 2.24) is 14.9 Å². The van der Waals surface area contributed by atoms with Gasteiger partial charge in [-0.1, -0.05) is 73.3 Å². The van der Waals surface area contributed by atoms with Crippen molar-refractivity contribution in [3.8, 4) is 0 Å². The van der Waals surface area contributed by atoms with Crippen molar-refractivity contribution in [2.24, 2.45) is 5.10 Å². The van der Waals surface area contributed by atoms with Crippen LogP contribution in [0.2, 0.25) is 0 Å². The topological polar surface area (TPSA) is 43.1 Å². The third-order valence-corrected chi connectivity index (χ3v) is 4.68. The van der Waals surface area contributed by atoms with E-state index in [-0.39, 0.29) is 0 Å². The Balaban J connectivity index is 1.73. The average molecular weight is 336 g/mol. The lowest BCUT2D eigenvalue weighted by molar-refractivity contribution is 0.744. The molecule has 1 heterocycles. The van der Waals surface area contributed by atoms with Gasteiger partial charge in [0, 0.05) is 5.75 Å². The maximum absolute atomic E-state index is 4.55. The number of thioether (sulfide) groups is 1. The fourth-order valence-electron chi connectivity index (χ4n) is 2.25. The lowest BCUT2D eigenvalue weighted by Gasteiger charge is -2.03. The van der Waals surface area contributed by atoms with E-state index in [4.69, 9.17) is 0 Å². The first-order valence-electron chi connectivity index (χ1n) is 7.98. The molecule has 0 radical (unpaired) electrons. The first-order chi connectivity index (χ1) is 11.8. The molecule has 0 amide bonds. The first-order valence-corrected chi connectivity index (χ1v) is 8.97. The van der Waals surface area contributed by atoms with Crippen molar-refractivity contribution in [1.29, 1.82) is 0 Å². The summed E-state index contributed by atoms with van der Waals surface area (Å²) in [6, 6.07) is 18.8. The minimum atomic E-state index is 0.784. The van der Waals surface area contributed by atoms with Gasteiger partial charge in [0.1, 0.15) is 0 Å². The van der Waals surface area contributed by atoms with Crippen molar-refractivity contribution in [3.05, 3.63) is 77.1 Å². The van der Waals surface area contributed by atoms with E-state index in [0.717, 1.165) is 28.7 Å². The van der Waals surface area contributed by atoms with Gasteiger partial charge in [0.15, 0.2) is 5.82 Å². The quantitative estimate of drug-likeness (QED) is 0.497. The van der Waals surface area contributed by atoms with Gasteiger partial charge in [0.2, 0.25) is 5.16 Å². The molecule has 0 aliphatic heterocycles. The van der Waals surface area contributed by atoms with Gasteiger partial charge in [-0.05, 0) is 30.0 Å². The lowest BCUT2D eigenvalue weighted by atomic mass is 10.1. The average Bonchev–Trinajstić information content (AvgIpc) is 2.99. The van der Waals surface area contributed by atoms with E-state index < -0.39 is 0 Å². The number of benzene rings is 2. The van der Waals surface area contributed by atoms with E-state index in [9.17, 15) is 0 Å². The lowest BCUT2D eigenvalue weighted by Crippen LogP contribution is -1.96. The molecule has 1 aromatic heterocycles. The fourth-order valence-corrected chi connectivity index (χ4v) is 3.14. The smallest absolute Gasteiger partial charge is 0.192 e. The van der Waals surface area contributed by atoms with Crippen molar-refractivity contribution in [3.63, 3.8) is 0 Å². The highest BCUT2D eigenvalue weighted by Crippen LogP contribution is 2.21.